The molecule has 21 heavy (non-hydrogen) atoms. The second-order valence-electron chi connectivity index (χ2n) is 5.99. The standard InChI is InChI=1S/C17H20N2O2/c1-17(2,3)13-7-5-12(6-8-13)9-15(20)14-10-16(21-4)19-11-18-14/h5-8,10-11H,9H2,1-4H3. The fourth-order valence-corrected chi connectivity index (χ4v) is 2.00. The zero-order valence-corrected chi connectivity index (χ0v) is 12.9. The molecule has 0 amide bonds. The molecule has 0 atom stereocenters. The van der Waals surface area contributed by atoms with E-state index in [0.717, 1.165) is 5.56 Å². The molecule has 0 bridgehead atoms. The molecule has 0 aliphatic heterocycles. The number of nitrogens with zero attached hydrogens (tertiary/aromatic N) is 2. The zero-order chi connectivity index (χ0) is 15.5. The molecule has 0 spiro atoms. The van der Waals surface area contributed by atoms with Gasteiger partial charge in [0.2, 0.25) is 5.88 Å². The molecule has 0 aliphatic rings. The van der Waals surface area contributed by atoms with Gasteiger partial charge in [-0.1, -0.05) is 45.0 Å². The van der Waals surface area contributed by atoms with Crippen LogP contribution in [0, 0.1) is 0 Å². The van der Waals surface area contributed by atoms with E-state index < -0.39 is 0 Å². The van der Waals surface area contributed by atoms with Crippen LogP contribution in [-0.4, -0.2) is 22.9 Å². The van der Waals surface area contributed by atoms with Crippen LogP contribution in [0.25, 0.3) is 0 Å². The van der Waals surface area contributed by atoms with Crippen molar-refractivity contribution in [3.05, 3.63) is 53.5 Å². The Bertz CT molecular complexity index is 628. The van der Waals surface area contributed by atoms with E-state index >= 15 is 0 Å². The number of hydrogen-bond donors (Lipinski definition) is 0. The molecular formula is C17H20N2O2. The molecular weight excluding hydrogens is 264 g/mol. The zero-order valence-electron chi connectivity index (χ0n) is 12.9. The molecule has 1 aromatic carbocycles. The van der Waals surface area contributed by atoms with Crippen LogP contribution >= 0.6 is 0 Å². The Labute approximate surface area is 125 Å². The summed E-state index contributed by atoms with van der Waals surface area (Å²) in [5.41, 5.74) is 2.72. The van der Waals surface area contributed by atoms with Gasteiger partial charge in [-0.25, -0.2) is 9.97 Å². The number of methoxy groups -OCH3 is 1. The van der Waals surface area contributed by atoms with E-state index in [2.05, 4.69) is 42.9 Å². The fraction of sp³-hybridized carbons (Fsp3) is 0.353. The summed E-state index contributed by atoms with van der Waals surface area (Å²) in [7, 11) is 1.52. The van der Waals surface area contributed by atoms with Gasteiger partial charge in [-0.2, -0.15) is 0 Å². The maximum Gasteiger partial charge on any atom is 0.216 e. The van der Waals surface area contributed by atoms with Gasteiger partial charge in [0.15, 0.2) is 5.78 Å². The lowest BCUT2D eigenvalue weighted by Gasteiger charge is -2.19. The molecule has 0 saturated carbocycles. The summed E-state index contributed by atoms with van der Waals surface area (Å²) in [5.74, 6) is 0.357. The molecule has 2 aromatic rings. The monoisotopic (exact) mass is 284 g/mol. The van der Waals surface area contributed by atoms with Crippen LogP contribution < -0.4 is 4.74 Å². The topological polar surface area (TPSA) is 52.1 Å². The first kappa shape index (κ1) is 15.2. The Morgan fingerprint density at radius 1 is 1.14 bits per heavy atom. The third-order valence-corrected chi connectivity index (χ3v) is 3.32. The third-order valence-electron chi connectivity index (χ3n) is 3.32. The molecule has 1 aromatic heterocycles. The van der Waals surface area contributed by atoms with E-state index in [1.165, 1.54) is 19.0 Å². The predicted octanol–water partition coefficient (Wildman–Crippen LogP) is 3.21. The molecule has 0 radical (unpaired) electrons. The average molecular weight is 284 g/mol. The van der Waals surface area contributed by atoms with Gasteiger partial charge in [-0.15, -0.1) is 0 Å². The van der Waals surface area contributed by atoms with E-state index in [1.807, 2.05) is 12.1 Å². The predicted molar refractivity (Wildman–Crippen MR) is 81.8 cm³/mol. The molecule has 0 aliphatic carbocycles. The Morgan fingerprint density at radius 3 is 2.38 bits per heavy atom. The number of ether oxygens (including phenoxy) is 1. The van der Waals surface area contributed by atoms with E-state index in [-0.39, 0.29) is 11.2 Å². The first-order chi connectivity index (χ1) is 9.90. The van der Waals surface area contributed by atoms with Crippen molar-refractivity contribution in [3.8, 4) is 5.88 Å². The van der Waals surface area contributed by atoms with E-state index in [9.17, 15) is 4.79 Å². The molecule has 0 saturated heterocycles. The number of Topliss-reactive ketones (excluding diaryl/α,β-unsaturated/α-hetero) is 1. The molecule has 0 unspecified atom stereocenters. The Balaban J connectivity index is 2.12. The van der Waals surface area contributed by atoms with Crippen LogP contribution in [0.5, 0.6) is 5.88 Å². The van der Waals surface area contributed by atoms with Gasteiger partial charge in [-0.3, -0.25) is 4.79 Å². The molecule has 110 valence electrons. The van der Waals surface area contributed by atoms with E-state index in [0.29, 0.717) is 18.0 Å². The van der Waals surface area contributed by atoms with Crippen molar-refractivity contribution >= 4 is 5.78 Å². The second-order valence-corrected chi connectivity index (χ2v) is 5.99. The first-order valence-corrected chi connectivity index (χ1v) is 6.89. The van der Waals surface area contributed by atoms with Crippen LogP contribution in [0.3, 0.4) is 0 Å². The normalized spacial score (nSPS) is 11.2. The van der Waals surface area contributed by atoms with Crippen molar-refractivity contribution in [3.63, 3.8) is 0 Å². The lowest BCUT2D eigenvalue weighted by Crippen LogP contribution is -2.11. The maximum absolute atomic E-state index is 12.2. The summed E-state index contributed by atoms with van der Waals surface area (Å²) < 4.78 is 5.01. The summed E-state index contributed by atoms with van der Waals surface area (Å²) in [6.45, 7) is 6.50. The second kappa shape index (κ2) is 6.04. The van der Waals surface area contributed by atoms with Gasteiger partial charge in [0, 0.05) is 12.5 Å². The van der Waals surface area contributed by atoms with E-state index in [1.54, 1.807) is 6.07 Å². The van der Waals surface area contributed by atoms with Crippen LogP contribution in [0.15, 0.2) is 36.7 Å². The van der Waals surface area contributed by atoms with Crippen LogP contribution in [0.4, 0.5) is 0 Å². The van der Waals surface area contributed by atoms with Crippen molar-refractivity contribution in [1.29, 1.82) is 0 Å². The lowest BCUT2D eigenvalue weighted by molar-refractivity contribution is 0.0987. The van der Waals surface area contributed by atoms with Crippen molar-refractivity contribution in [2.24, 2.45) is 0 Å². The Morgan fingerprint density at radius 2 is 1.81 bits per heavy atom. The average Bonchev–Trinajstić information content (AvgIpc) is 2.47. The number of rotatable bonds is 4. The minimum absolute atomic E-state index is 0.0424. The van der Waals surface area contributed by atoms with Crippen molar-refractivity contribution in [2.75, 3.05) is 7.11 Å². The molecule has 0 fully saturated rings. The minimum atomic E-state index is -0.0424. The fourth-order valence-electron chi connectivity index (χ4n) is 2.00. The number of carbonyl (C=O) groups is 1. The SMILES string of the molecule is COc1cc(C(=O)Cc2ccc(C(C)(C)C)cc2)ncn1. The summed E-state index contributed by atoms with van der Waals surface area (Å²) in [6.07, 6.45) is 1.67. The van der Waals surface area contributed by atoms with Gasteiger partial charge in [0.1, 0.15) is 12.0 Å². The summed E-state index contributed by atoms with van der Waals surface area (Å²) in [6, 6.07) is 9.70. The van der Waals surface area contributed by atoms with Crippen LogP contribution in [-0.2, 0) is 11.8 Å². The molecule has 2 rings (SSSR count). The highest BCUT2D eigenvalue weighted by Crippen LogP contribution is 2.22. The molecule has 1 heterocycles. The highest BCUT2D eigenvalue weighted by atomic mass is 16.5. The Hall–Kier alpha value is -2.23. The Kier molecular flexibility index (Phi) is 4.36. The van der Waals surface area contributed by atoms with Crippen LogP contribution in [0.1, 0.15) is 42.4 Å². The minimum Gasteiger partial charge on any atom is -0.481 e. The molecule has 0 N–H and O–H groups in total. The van der Waals surface area contributed by atoms with E-state index in [4.69, 9.17) is 4.74 Å². The van der Waals surface area contributed by atoms with Gasteiger partial charge in [0.05, 0.1) is 7.11 Å². The summed E-state index contributed by atoms with van der Waals surface area (Å²) in [4.78, 5) is 20.1. The van der Waals surface area contributed by atoms with Crippen molar-refractivity contribution in [1.82, 2.24) is 9.97 Å². The highest BCUT2D eigenvalue weighted by molar-refractivity contribution is 5.95. The largest absolute Gasteiger partial charge is 0.481 e. The van der Waals surface area contributed by atoms with Gasteiger partial charge >= 0.3 is 0 Å². The first-order valence-electron chi connectivity index (χ1n) is 6.89. The number of carbonyl (C=O) groups excluding carboxylic acids is 1. The van der Waals surface area contributed by atoms with Crippen LogP contribution in [0.2, 0.25) is 0 Å². The number of ketones is 1. The lowest BCUT2D eigenvalue weighted by atomic mass is 9.86. The smallest absolute Gasteiger partial charge is 0.216 e. The molecule has 4 nitrogen and oxygen atoms in total. The quantitative estimate of drug-likeness (QED) is 0.809. The maximum atomic E-state index is 12.2. The molecule has 4 heteroatoms. The number of hydrogen-bond acceptors (Lipinski definition) is 4. The van der Waals surface area contributed by atoms with Crippen molar-refractivity contribution in [2.45, 2.75) is 32.6 Å². The number of benzene rings is 1. The van der Waals surface area contributed by atoms with Gasteiger partial charge < -0.3 is 4.74 Å². The number of aromatic nitrogens is 2. The summed E-state index contributed by atoms with van der Waals surface area (Å²) in [5, 5.41) is 0. The van der Waals surface area contributed by atoms with Crippen molar-refractivity contribution < 1.29 is 9.53 Å². The highest BCUT2D eigenvalue weighted by Gasteiger charge is 2.14. The summed E-state index contributed by atoms with van der Waals surface area (Å²) >= 11 is 0. The third kappa shape index (κ3) is 3.88. The van der Waals surface area contributed by atoms with Gasteiger partial charge in [-0.05, 0) is 16.5 Å². The van der Waals surface area contributed by atoms with Gasteiger partial charge in [0.25, 0.3) is 0 Å².